The van der Waals surface area contributed by atoms with Gasteiger partial charge in [-0.2, -0.15) is 0 Å². The number of piperidine rings is 1. The zero-order chi connectivity index (χ0) is 22.5. The molecule has 0 atom stereocenters. The molecule has 1 spiro atoms. The predicted molar refractivity (Wildman–Crippen MR) is 124 cm³/mol. The van der Waals surface area contributed by atoms with Crippen molar-refractivity contribution in [3.05, 3.63) is 63.1 Å². The van der Waals surface area contributed by atoms with Gasteiger partial charge in [-0.15, -0.1) is 0 Å². The molecule has 2 aromatic heterocycles. The largest absolute Gasteiger partial charge is 0.345 e. The van der Waals surface area contributed by atoms with Crippen LogP contribution in [0.5, 0.6) is 0 Å². The maximum atomic E-state index is 13.6. The summed E-state index contributed by atoms with van der Waals surface area (Å²) in [6.07, 6.45) is 6.69. The van der Waals surface area contributed by atoms with Crippen molar-refractivity contribution in [1.29, 1.82) is 0 Å². The van der Waals surface area contributed by atoms with Crippen molar-refractivity contribution in [3.63, 3.8) is 0 Å². The average molecular weight is 436 g/mol. The van der Waals surface area contributed by atoms with Crippen molar-refractivity contribution < 1.29 is 4.79 Å². The first-order valence-corrected chi connectivity index (χ1v) is 11.3. The Morgan fingerprint density at radius 3 is 2.56 bits per heavy atom. The van der Waals surface area contributed by atoms with E-state index in [4.69, 9.17) is 0 Å². The minimum atomic E-state index is -0.518. The van der Waals surface area contributed by atoms with Crippen LogP contribution in [-0.4, -0.2) is 51.1 Å². The molecule has 3 aromatic rings. The summed E-state index contributed by atoms with van der Waals surface area (Å²) in [6, 6.07) is 7.19. The van der Waals surface area contributed by atoms with Gasteiger partial charge in [-0.3, -0.25) is 19.1 Å². The van der Waals surface area contributed by atoms with Gasteiger partial charge in [0.2, 0.25) is 0 Å². The lowest BCUT2D eigenvalue weighted by atomic mass is 9.78. The van der Waals surface area contributed by atoms with Crippen molar-refractivity contribution in [2.45, 2.75) is 39.2 Å². The van der Waals surface area contributed by atoms with Crippen LogP contribution in [0.2, 0.25) is 0 Å². The van der Waals surface area contributed by atoms with Crippen LogP contribution in [-0.2, 0) is 0 Å². The number of benzene rings is 1. The van der Waals surface area contributed by atoms with Crippen LogP contribution >= 0.6 is 0 Å². The van der Waals surface area contributed by atoms with E-state index >= 15 is 0 Å². The molecule has 32 heavy (non-hydrogen) atoms. The number of nitrogens with one attached hydrogen (secondary N) is 2. The molecule has 0 aliphatic carbocycles. The van der Waals surface area contributed by atoms with Gasteiger partial charge in [0.05, 0.1) is 11.2 Å². The molecule has 0 radical (unpaired) electrons. The predicted octanol–water partition coefficient (Wildman–Crippen LogP) is 2.28. The van der Waals surface area contributed by atoms with E-state index in [0.717, 1.165) is 56.3 Å². The molecule has 1 aromatic carbocycles. The summed E-state index contributed by atoms with van der Waals surface area (Å²) in [5, 5.41) is 4.28. The third kappa shape index (κ3) is 3.48. The number of aromatic nitrogens is 3. The molecule has 2 aliphatic heterocycles. The van der Waals surface area contributed by atoms with Gasteiger partial charge < -0.3 is 14.8 Å². The Balaban J connectivity index is 1.60. The van der Waals surface area contributed by atoms with E-state index in [2.05, 4.69) is 28.7 Å². The Morgan fingerprint density at radius 1 is 1.06 bits per heavy atom. The first kappa shape index (κ1) is 20.8. The Hall–Kier alpha value is -3.13. The van der Waals surface area contributed by atoms with Crippen LogP contribution in [0.1, 0.15) is 49.5 Å². The minimum Gasteiger partial charge on any atom is -0.345 e. The fourth-order valence-corrected chi connectivity index (χ4v) is 5.28. The molecular weight excluding hydrogens is 406 g/mol. The highest BCUT2D eigenvalue weighted by Gasteiger charge is 2.40. The number of H-pyrrole nitrogens is 1. The second-order valence-electron chi connectivity index (χ2n) is 9.45. The highest BCUT2D eigenvalue weighted by atomic mass is 16.2. The summed E-state index contributed by atoms with van der Waals surface area (Å²) >= 11 is 0. The van der Waals surface area contributed by atoms with Crippen LogP contribution in [0, 0.1) is 5.41 Å². The van der Waals surface area contributed by atoms with Crippen LogP contribution in [0.4, 0.5) is 0 Å². The smallest absolute Gasteiger partial charge is 0.332 e. The number of carbonyl (C=O) groups excluding carboxylic acids is 1. The van der Waals surface area contributed by atoms with Gasteiger partial charge in [0.25, 0.3) is 11.5 Å². The number of carbonyl (C=O) groups is 1. The van der Waals surface area contributed by atoms with Gasteiger partial charge in [0, 0.05) is 48.5 Å². The number of hydrogen-bond donors (Lipinski definition) is 2. The van der Waals surface area contributed by atoms with Crippen molar-refractivity contribution in [2.75, 3.05) is 26.2 Å². The standard InChI is InChI=1S/C24H29N5O3/c1-16(2)28-10-3-18-19(28)13-17(14-20(18)29-11-4-21(30)26-23(29)32)22(31)27-12-7-24(15-27)5-8-25-9-6-24/h3-4,10-11,13-14,16,25H,5-9,12,15H2,1-2H3,(H,26,30,32). The molecule has 1 amide bonds. The van der Waals surface area contributed by atoms with E-state index in [1.807, 2.05) is 23.2 Å². The van der Waals surface area contributed by atoms with Crippen LogP contribution in [0.3, 0.4) is 0 Å². The third-order valence-electron chi connectivity index (χ3n) is 7.09. The lowest BCUT2D eigenvalue weighted by Crippen LogP contribution is -2.39. The Morgan fingerprint density at radius 2 is 1.84 bits per heavy atom. The highest BCUT2D eigenvalue weighted by molar-refractivity contribution is 6.01. The molecule has 5 rings (SSSR count). The molecule has 0 unspecified atom stereocenters. The monoisotopic (exact) mass is 435 g/mol. The molecule has 168 valence electrons. The topological polar surface area (TPSA) is 92.1 Å². The third-order valence-corrected chi connectivity index (χ3v) is 7.09. The molecule has 0 saturated carbocycles. The summed E-state index contributed by atoms with van der Waals surface area (Å²) < 4.78 is 3.51. The Labute approximate surface area is 185 Å². The molecule has 8 heteroatoms. The normalized spacial score (nSPS) is 18.2. The number of amides is 1. The van der Waals surface area contributed by atoms with E-state index in [1.165, 1.54) is 16.8 Å². The number of nitrogens with zero attached hydrogens (tertiary/aromatic N) is 3. The van der Waals surface area contributed by atoms with Crippen LogP contribution < -0.4 is 16.6 Å². The summed E-state index contributed by atoms with van der Waals surface area (Å²) in [4.78, 5) is 42.0. The fourth-order valence-electron chi connectivity index (χ4n) is 5.28. The maximum absolute atomic E-state index is 13.6. The highest BCUT2D eigenvalue weighted by Crippen LogP contribution is 2.39. The molecule has 2 fully saturated rings. The van der Waals surface area contributed by atoms with Crippen molar-refractivity contribution in [1.82, 2.24) is 24.3 Å². The van der Waals surface area contributed by atoms with Gasteiger partial charge in [0.15, 0.2) is 0 Å². The van der Waals surface area contributed by atoms with E-state index in [1.54, 1.807) is 6.07 Å². The molecule has 2 saturated heterocycles. The fraction of sp³-hybridized carbons (Fsp3) is 0.458. The van der Waals surface area contributed by atoms with Crippen molar-refractivity contribution in [2.24, 2.45) is 5.41 Å². The Kier molecular flexibility index (Phi) is 5.04. The van der Waals surface area contributed by atoms with Gasteiger partial charge in [-0.25, -0.2) is 4.79 Å². The second kappa shape index (κ2) is 7.78. The van der Waals surface area contributed by atoms with E-state index in [0.29, 0.717) is 11.3 Å². The van der Waals surface area contributed by atoms with Crippen LogP contribution in [0.15, 0.2) is 46.2 Å². The summed E-state index contributed by atoms with van der Waals surface area (Å²) in [5.74, 6) is -0.00228. The molecule has 2 N–H and O–H groups in total. The molecule has 0 bridgehead atoms. The quantitative estimate of drug-likeness (QED) is 0.660. The van der Waals surface area contributed by atoms with E-state index < -0.39 is 11.2 Å². The van der Waals surface area contributed by atoms with Gasteiger partial charge in [0.1, 0.15) is 0 Å². The van der Waals surface area contributed by atoms with Crippen LogP contribution in [0.25, 0.3) is 16.6 Å². The van der Waals surface area contributed by atoms with Gasteiger partial charge in [-0.05, 0) is 69.8 Å². The minimum absolute atomic E-state index is 0.00228. The molecule has 4 heterocycles. The first-order chi connectivity index (χ1) is 15.4. The zero-order valence-electron chi connectivity index (χ0n) is 18.6. The number of rotatable bonds is 3. The number of likely N-dealkylation sites (tertiary alicyclic amines) is 1. The SMILES string of the molecule is CC(C)n1ccc2c(-n3ccc(=O)[nH]c3=O)cc(C(=O)N3CCC4(CCNCC4)C3)cc21. The second-order valence-corrected chi connectivity index (χ2v) is 9.45. The summed E-state index contributed by atoms with van der Waals surface area (Å²) in [5.41, 5.74) is 1.32. The molecular formula is C24H29N5O3. The molecule has 8 nitrogen and oxygen atoms in total. The zero-order valence-corrected chi connectivity index (χ0v) is 18.6. The van der Waals surface area contributed by atoms with Gasteiger partial charge >= 0.3 is 5.69 Å². The Bertz CT molecular complexity index is 1290. The summed E-state index contributed by atoms with van der Waals surface area (Å²) in [7, 11) is 0. The lowest BCUT2D eigenvalue weighted by Gasteiger charge is -2.33. The van der Waals surface area contributed by atoms with Crippen molar-refractivity contribution in [3.8, 4) is 5.69 Å². The van der Waals surface area contributed by atoms with E-state index in [9.17, 15) is 14.4 Å². The summed E-state index contributed by atoms with van der Waals surface area (Å²) in [6.45, 7) is 7.73. The maximum Gasteiger partial charge on any atom is 0.332 e. The van der Waals surface area contributed by atoms with Crippen molar-refractivity contribution >= 4 is 16.8 Å². The number of aromatic amines is 1. The number of fused-ring (bicyclic) bond motifs is 1. The molecule has 2 aliphatic rings. The van der Waals surface area contributed by atoms with Gasteiger partial charge in [-0.1, -0.05) is 0 Å². The first-order valence-electron chi connectivity index (χ1n) is 11.3. The average Bonchev–Trinajstić information content (AvgIpc) is 3.38. The number of hydrogen-bond acceptors (Lipinski definition) is 4. The lowest BCUT2D eigenvalue weighted by molar-refractivity contribution is 0.0762. The van der Waals surface area contributed by atoms with E-state index in [-0.39, 0.29) is 17.4 Å².